The second-order valence-electron chi connectivity index (χ2n) is 7.58. The van der Waals surface area contributed by atoms with E-state index in [9.17, 15) is 4.79 Å². The zero-order chi connectivity index (χ0) is 22.9. The van der Waals surface area contributed by atoms with Crippen LogP contribution in [-0.4, -0.2) is 48.4 Å². The number of ether oxygens (including phenoxy) is 6. The van der Waals surface area contributed by atoms with Gasteiger partial charge in [0.25, 0.3) is 0 Å². The highest BCUT2D eigenvalue weighted by atomic mass is 16.5. The molecule has 31 heavy (non-hydrogen) atoms. The van der Waals surface area contributed by atoms with Crippen molar-refractivity contribution in [3.05, 3.63) is 23.3 Å². The lowest BCUT2D eigenvalue weighted by atomic mass is 9.77. The molecule has 0 radical (unpaired) electrons. The Morgan fingerprint density at radius 1 is 0.677 bits per heavy atom. The van der Waals surface area contributed by atoms with Crippen molar-refractivity contribution < 1.29 is 33.2 Å². The van der Waals surface area contributed by atoms with Gasteiger partial charge in [0.1, 0.15) is 0 Å². The predicted octanol–water partition coefficient (Wildman–Crippen LogP) is 4.42. The van der Waals surface area contributed by atoms with Gasteiger partial charge >= 0.3 is 0 Å². The molecule has 2 aromatic carbocycles. The first kappa shape index (κ1) is 22.6. The van der Waals surface area contributed by atoms with E-state index in [1.807, 2.05) is 13.0 Å². The van der Waals surface area contributed by atoms with E-state index in [-0.39, 0.29) is 17.6 Å². The summed E-state index contributed by atoms with van der Waals surface area (Å²) in [5.74, 6) is 2.58. The van der Waals surface area contributed by atoms with Crippen molar-refractivity contribution in [3.63, 3.8) is 0 Å². The van der Waals surface area contributed by atoms with Gasteiger partial charge in [0.15, 0.2) is 28.8 Å². The van der Waals surface area contributed by atoms with Crippen LogP contribution in [0.25, 0.3) is 11.1 Å². The SMILES string of the molecule is COc1cc2c(c(OC)c1OC)-c1c(cc(OC)c(OC)c1OC)C(=O)[C@H](C)[C@@H](C)C2. The molecule has 0 heterocycles. The summed E-state index contributed by atoms with van der Waals surface area (Å²) in [4.78, 5) is 13.6. The maximum Gasteiger partial charge on any atom is 0.203 e. The number of benzene rings is 2. The minimum atomic E-state index is -0.214. The van der Waals surface area contributed by atoms with Gasteiger partial charge in [0.2, 0.25) is 11.5 Å². The number of hydrogen-bond donors (Lipinski definition) is 0. The lowest BCUT2D eigenvalue weighted by Gasteiger charge is -2.30. The number of hydrogen-bond acceptors (Lipinski definition) is 7. The van der Waals surface area contributed by atoms with Gasteiger partial charge in [-0.3, -0.25) is 4.79 Å². The zero-order valence-electron chi connectivity index (χ0n) is 19.4. The largest absolute Gasteiger partial charge is 0.493 e. The molecule has 0 amide bonds. The molecule has 0 aromatic heterocycles. The zero-order valence-corrected chi connectivity index (χ0v) is 19.4. The summed E-state index contributed by atoms with van der Waals surface area (Å²) >= 11 is 0. The standard InChI is InChI=1S/C24H30O7/c1-12-9-14-10-16(26-3)21(28-5)23(30-7)18(14)19-15(20(25)13(12)2)11-17(27-4)22(29-6)24(19)31-8/h10-13H,9H2,1-8H3/t12-,13+/m0/s1. The lowest BCUT2D eigenvalue weighted by molar-refractivity contribution is 0.0892. The van der Waals surface area contributed by atoms with Crippen LogP contribution in [0.15, 0.2) is 12.1 Å². The number of methoxy groups -OCH3 is 6. The van der Waals surface area contributed by atoms with E-state index in [0.29, 0.717) is 52.0 Å². The van der Waals surface area contributed by atoms with Crippen molar-refractivity contribution in [2.75, 3.05) is 42.7 Å². The van der Waals surface area contributed by atoms with E-state index < -0.39 is 0 Å². The molecule has 0 fully saturated rings. The fourth-order valence-electron chi connectivity index (χ4n) is 4.27. The highest BCUT2D eigenvalue weighted by molar-refractivity contribution is 6.08. The Balaban J connectivity index is 2.58. The minimum absolute atomic E-state index is 0.00393. The van der Waals surface area contributed by atoms with Gasteiger partial charge in [-0.25, -0.2) is 0 Å². The summed E-state index contributed by atoms with van der Waals surface area (Å²) < 4.78 is 33.9. The summed E-state index contributed by atoms with van der Waals surface area (Å²) in [7, 11) is 9.32. The molecule has 0 spiro atoms. The van der Waals surface area contributed by atoms with E-state index in [0.717, 1.165) is 11.1 Å². The van der Waals surface area contributed by atoms with Gasteiger partial charge in [0.05, 0.1) is 42.7 Å². The van der Waals surface area contributed by atoms with E-state index in [4.69, 9.17) is 28.4 Å². The molecule has 2 atom stereocenters. The molecular weight excluding hydrogens is 400 g/mol. The fraction of sp³-hybridized carbons (Fsp3) is 0.458. The molecule has 2 aromatic rings. The third kappa shape index (κ3) is 3.52. The average molecular weight is 430 g/mol. The van der Waals surface area contributed by atoms with Crippen LogP contribution in [0.1, 0.15) is 29.8 Å². The quantitative estimate of drug-likeness (QED) is 0.672. The first-order valence-corrected chi connectivity index (χ1v) is 10.1. The highest BCUT2D eigenvalue weighted by Gasteiger charge is 2.36. The minimum Gasteiger partial charge on any atom is -0.493 e. The molecule has 1 aliphatic carbocycles. The molecule has 7 heteroatoms. The van der Waals surface area contributed by atoms with Crippen LogP contribution in [0.5, 0.6) is 34.5 Å². The first-order chi connectivity index (χ1) is 14.9. The van der Waals surface area contributed by atoms with Crippen molar-refractivity contribution in [2.24, 2.45) is 11.8 Å². The second kappa shape index (κ2) is 8.96. The summed E-state index contributed by atoms with van der Waals surface area (Å²) in [5.41, 5.74) is 2.77. The summed E-state index contributed by atoms with van der Waals surface area (Å²) in [5, 5.41) is 0. The predicted molar refractivity (Wildman–Crippen MR) is 118 cm³/mol. The normalized spacial score (nSPS) is 17.6. The Morgan fingerprint density at radius 2 is 1.16 bits per heavy atom. The molecule has 1 aliphatic rings. The molecule has 3 rings (SSSR count). The monoisotopic (exact) mass is 430 g/mol. The van der Waals surface area contributed by atoms with Crippen LogP contribution < -0.4 is 28.4 Å². The first-order valence-electron chi connectivity index (χ1n) is 10.1. The average Bonchev–Trinajstić information content (AvgIpc) is 2.79. The molecule has 7 nitrogen and oxygen atoms in total. The third-order valence-corrected chi connectivity index (χ3v) is 6.07. The number of carbonyl (C=O) groups is 1. The van der Waals surface area contributed by atoms with Crippen molar-refractivity contribution in [2.45, 2.75) is 20.3 Å². The summed E-state index contributed by atoms with van der Waals surface area (Å²) in [6.45, 7) is 4.02. The van der Waals surface area contributed by atoms with Crippen molar-refractivity contribution in [1.29, 1.82) is 0 Å². The lowest BCUT2D eigenvalue weighted by Crippen LogP contribution is -2.24. The molecule has 0 N–H and O–H groups in total. The Kier molecular flexibility index (Phi) is 6.53. The summed E-state index contributed by atoms with van der Waals surface area (Å²) in [6.07, 6.45) is 0.649. The fourth-order valence-corrected chi connectivity index (χ4v) is 4.27. The Labute approximate surface area is 183 Å². The number of rotatable bonds is 6. The molecule has 0 bridgehead atoms. The van der Waals surface area contributed by atoms with E-state index >= 15 is 0 Å². The van der Waals surface area contributed by atoms with E-state index in [1.54, 1.807) is 34.5 Å². The van der Waals surface area contributed by atoms with Crippen molar-refractivity contribution >= 4 is 5.78 Å². The van der Waals surface area contributed by atoms with Gasteiger partial charge in [-0.2, -0.15) is 0 Å². The van der Waals surface area contributed by atoms with E-state index in [2.05, 4.69) is 6.92 Å². The number of Topliss-reactive ketones (excluding diaryl/α,β-unsaturated/α-hetero) is 1. The third-order valence-electron chi connectivity index (χ3n) is 6.07. The van der Waals surface area contributed by atoms with Gasteiger partial charge < -0.3 is 28.4 Å². The van der Waals surface area contributed by atoms with Crippen molar-refractivity contribution in [3.8, 4) is 45.6 Å². The van der Waals surface area contributed by atoms with E-state index in [1.165, 1.54) is 14.2 Å². The van der Waals surface area contributed by atoms with Crippen LogP contribution in [-0.2, 0) is 6.42 Å². The van der Waals surface area contributed by atoms with Gasteiger partial charge in [-0.1, -0.05) is 13.8 Å². The maximum atomic E-state index is 13.6. The van der Waals surface area contributed by atoms with Crippen LogP contribution in [0.3, 0.4) is 0 Å². The topological polar surface area (TPSA) is 72.5 Å². The van der Waals surface area contributed by atoms with Crippen molar-refractivity contribution in [1.82, 2.24) is 0 Å². The van der Waals surface area contributed by atoms with Crippen LogP contribution >= 0.6 is 0 Å². The van der Waals surface area contributed by atoms with Gasteiger partial charge in [0, 0.05) is 22.6 Å². The molecule has 0 saturated carbocycles. The smallest absolute Gasteiger partial charge is 0.203 e. The molecule has 0 unspecified atom stereocenters. The molecule has 0 aliphatic heterocycles. The van der Waals surface area contributed by atoms with Gasteiger partial charge in [-0.05, 0) is 30.0 Å². The van der Waals surface area contributed by atoms with Crippen LogP contribution in [0, 0.1) is 11.8 Å². The number of carbonyl (C=O) groups excluding carboxylic acids is 1. The maximum absolute atomic E-state index is 13.6. The van der Waals surface area contributed by atoms with Crippen LogP contribution in [0.2, 0.25) is 0 Å². The molecular formula is C24H30O7. The highest BCUT2D eigenvalue weighted by Crippen LogP contribution is 2.55. The Morgan fingerprint density at radius 3 is 1.65 bits per heavy atom. The number of fused-ring (bicyclic) bond motifs is 3. The molecule has 168 valence electrons. The van der Waals surface area contributed by atoms with Crippen LogP contribution in [0.4, 0.5) is 0 Å². The Hall–Kier alpha value is -3.09. The Bertz CT molecular complexity index is 996. The van der Waals surface area contributed by atoms with Gasteiger partial charge in [-0.15, -0.1) is 0 Å². The second-order valence-corrected chi connectivity index (χ2v) is 7.58. The number of ketones is 1. The molecule has 0 saturated heterocycles. The summed E-state index contributed by atoms with van der Waals surface area (Å²) in [6, 6.07) is 3.66.